The third kappa shape index (κ3) is 4.66. The number of benzene rings is 2. The van der Waals surface area contributed by atoms with Gasteiger partial charge in [0, 0.05) is 39.2 Å². The second-order valence-electron chi connectivity index (χ2n) is 6.29. The molecule has 0 spiro atoms. The lowest BCUT2D eigenvalue weighted by Gasteiger charge is -2.22. The van der Waals surface area contributed by atoms with Gasteiger partial charge in [0.2, 0.25) is 5.91 Å². The summed E-state index contributed by atoms with van der Waals surface area (Å²) >= 11 is 0. The van der Waals surface area contributed by atoms with Gasteiger partial charge < -0.3 is 15.0 Å². The molecule has 11 heteroatoms. The quantitative estimate of drug-likeness (QED) is 0.462. The minimum Gasteiger partial charge on any atom is -0.495 e. The highest BCUT2D eigenvalue weighted by atomic mass is 16.6. The van der Waals surface area contributed by atoms with Gasteiger partial charge >= 0.3 is 0 Å². The fourth-order valence-electron chi connectivity index (χ4n) is 2.65. The first kappa shape index (κ1) is 21.8. The second kappa shape index (κ2) is 9.12. The minimum absolute atomic E-state index is 0.0648. The molecular weight excluding hydrogens is 390 g/mol. The van der Waals surface area contributed by atoms with E-state index in [2.05, 4.69) is 16.2 Å². The lowest BCUT2D eigenvalue weighted by Crippen LogP contribution is -2.17. The fourth-order valence-corrected chi connectivity index (χ4v) is 2.65. The van der Waals surface area contributed by atoms with Crippen molar-refractivity contribution in [3.05, 3.63) is 45.5 Å². The normalized spacial score (nSPS) is 9.67. The van der Waals surface area contributed by atoms with Crippen LogP contribution in [0.25, 0.3) is 0 Å². The predicted octanol–water partition coefficient (Wildman–Crippen LogP) is 2.81. The number of ether oxygens (including phenoxy) is 1. The van der Waals surface area contributed by atoms with Crippen molar-refractivity contribution in [2.75, 3.05) is 42.3 Å². The number of anilines is 4. The molecule has 3 N–H and O–H groups in total. The number of hydrogen-bond acceptors (Lipinski definition) is 9. The van der Waals surface area contributed by atoms with Crippen LogP contribution in [0.4, 0.5) is 28.4 Å². The number of rotatable bonds is 7. The zero-order valence-electron chi connectivity index (χ0n) is 16.7. The Morgan fingerprint density at radius 3 is 2.13 bits per heavy atom. The van der Waals surface area contributed by atoms with Crippen molar-refractivity contribution in [1.29, 1.82) is 10.5 Å². The fraction of sp³-hybridized carbons (Fsp3) is 0.211. The van der Waals surface area contributed by atoms with E-state index in [9.17, 15) is 25.4 Å². The standard InChI is InChI=1S/C19H19N7O4/c1-11(27)22-15-7-17(25(2)3)18(30-4)8-16(15)23-24-19-12(9-20)5-14(26(28)29)6-13(19)10-21/h5-8,23-24H,1-4H3,(H,22,27). The molecule has 154 valence electrons. The van der Waals surface area contributed by atoms with E-state index in [0.29, 0.717) is 22.8 Å². The maximum absolute atomic E-state index is 11.6. The molecule has 0 aliphatic carbocycles. The van der Waals surface area contributed by atoms with Crippen molar-refractivity contribution < 1.29 is 14.5 Å². The molecule has 0 aromatic heterocycles. The zero-order valence-corrected chi connectivity index (χ0v) is 16.7. The minimum atomic E-state index is -0.682. The van der Waals surface area contributed by atoms with Crippen molar-refractivity contribution in [1.82, 2.24) is 0 Å². The molecule has 2 aromatic carbocycles. The summed E-state index contributed by atoms with van der Waals surface area (Å²) in [4.78, 5) is 23.8. The first-order chi connectivity index (χ1) is 14.2. The lowest BCUT2D eigenvalue weighted by molar-refractivity contribution is -0.384. The van der Waals surface area contributed by atoms with Crippen LogP contribution in [-0.4, -0.2) is 32.0 Å². The van der Waals surface area contributed by atoms with Crippen molar-refractivity contribution in [2.45, 2.75) is 6.92 Å². The van der Waals surface area contributed by atoms with Crippen molar-refractivity contribution in [3.63, 3.8) is 0 Å². The lowest BCUT2D eigenvalue weighted by atomic mass is 10.1. The molecule has 30 heavy (non-hydrogen) atoms. The molecule has 0 atom stereocenters. The van der Waals surface area contributed by atoms with Crippen LogP contribution in [0.2, 0.25) is 0 Å². The number of non-ortho nitro benzene ring substituents is 1. The number of nitro groups is 1. The number of amides is 1. The summed E-state index contributed by atoms with van der Waals surface area (Å²) in [6, 6.07) is 9.11. The number of nitriles is 2. The molecule has 0 unspecified atom stereocenters. The molecule has 11 nitrogen and oxygen atoms in total. The summed E-state index contributed by atoms with van der Waals surface area (Å²) < 4.78 is 5.39. The molecule has 0 heterocycles. The Hall–Kier alpha value is -4.51. The summed E-state index contributed by atoms with van der Waals surface area (Å²) in [6.07, 6.45) is 0. The summed E-state index contributed by atoms with van der Waals surface area (Å²) in [5.74, 6) is 0.196. The summed E-state index contributed by atoms with van der Waals surface area (Å²) in [7, 11) is 5.13. The Labute approximate surface area is 172 Å². The van der Waals surface area contributed by atoms with Gasteiger partial charge in [-0.1, -0.05) is 0 Å². The molecule has 0 aliphatic heterocycles. The highest BCUT2D eigenvalue weighted by Crippen LogP contribution is 2.37. The Bertz CT molecular complexity index is 1050. The Kier molecular flexibility index (Phi) is 6.62. The number of carbonyl (C=O) groups excluding carboxylic acids is 1. The van der Waals surface area contributed by atoms with Gasteiger partial charge in [-0.05, 0) is 6.07 Å². The SMILES string of the molecule is COc1cc(NNc2c(C#N)cc([N+](=O)[O-])cc2C#N)c(NC(C)=O)cc1N(C)C. The number of nitrogens with one attached hydrogen (secondary N) is 3. The smallest absolute Gasteiger partial charge is 0.272 e. The molecule has 0 aliphatic rings. The van der Waals surface area contributed by atoms with Crippen molar-refractivity contribution in [2.24, 2.45) is 0 Å². The molecule has 0 radical (unpaired) electrons. The van der Waals surface area contributed by atoms with E-state index in [4.69, 9.17) is 4.74 Å². The van der Waals surface area contributed by atoms with Crippen LogP contribution in [0.3, 0.4) is 0 Å². The van der Waals surface area contributed by atoms with Gasteiger partial charge in [0.05, 0.1) is 45.9 Å². The third-order valence-electron chi connectivity index (χ3n) is 4.01. The van der Waals surface area contributed by atoms with E-state index in [1.165, 1.54) is 14.0 Å². The highest BCUT2D eigenvalue weighted by molar-refractivity contribution is 5.95. The van der Waals surface area contributed by atoms with Gasteiger partial charge in [0.1, 0.15) is 17.9 Å². The van der Waals surface area contributed by atoms with Crippen LogP contribution < -0.4 is 25.8 Å². The Morgan fingerprint density at radius 1 is 1.10 bits per heavy atom. The Morgan fingerprint density at radius 2 is 1.70 bits per heavy atom. The van der Waals surface area contributed by atoms with Gasteiger partial charge in [-0.25, -0.2) is 0 Å². The second-order valence-corrected chi connectivity index (χ2v) is 6.29. The van der Waals surface area contributed by atoms with Crippen LogP contribution in [0, 0.1) is 32.8 Å². The molecule has 0 fully saturated rings. The monoisotopic (exact) mass is 409 g/mol. The molecule has 2 aromatic rings. The Balaban J connectivity index is 2.51. The van der Waals surface area contributed by atoms with Crippen LogP contribution >= 0.6 is 0 Å². The van der Waals surface area contributed by atoms with E-state index in [0.717, 1.165) is 12.1 Å². The molecule has 0 saturated heterocycles. The van der Waals surface area contributed by atoms with Gasteiger partial charge in [0.15, 0.2) is 0 Å². The topological polar surface area (TPSA) is 156 Å². The van der Waals surface area contributed by atoms with E-state index in [1.54, 1.807) is 17.0 Å². The van der Waals surface area contributed by atoms with Crippen LogP contribution in [0.5, 0.6) is 5.75 Å². The van der Waals surface area contributed by atoms with Gasteiger partial charge in [-0.15, -0.1) is 0 Å². The van der Waals surface area contributed by atoms with Crippen molar-refractivity contribution in [3.8, 4) is 17.9 Å². The summed E-state index contributed by atoms with van der Waals surface area (Å²) in [5.41, 5.74) is 6.60. The number of carbonyl (C=O) groups is 1. The summed E-state index contributed by atoms with van der Waals surface area (Å²) in [6.45, 7) is 1.36. The van der Waals surface area contributed by atoms with E-state index in [-0.39, 0.29) is 28.4 Å². The van der Waals surface area contributed by atoms with Crippen LogP contribution in [0.15, 0.2) is 24.3 Å². The maximum atomic E-state index is 11.6. The predicted molar refractivity (Wildman–Crippen MR) is 111 cm³/mol. The van der Waals surface area contributed by atoms with E-state index < -0.39 is 4.92 Å². The molecule has 0 saturated carbocycles. The van der Waals surface area contributed by atoms with Crippen LogP contribution in [-0.2, 0) is 4.79 Å². The number of hydrogen-bond donors (Lipinski definition) is 3. The van der Waals surface area contributed by atoms with E-state index >= 15 is 0 Å². The van der Waals surface area contributed by atoms with Gasteiger partial charge in [-0.3, -0.25) is 25.8 Å². The van der Waals surface area contributed by atoms with Crippen molar-refractivity contribution >= 4 is 34.3 Å². The molecule has 1 amide bonds. The largest absolute Gasteiger partial charge is 0.495 e. The highest BCUT2D eigenvalue weighted by Gasteiger charge is 2.18. The average molecular weight is 409 g/mol. The number of nitrogens with zero attached hydrogens (tertiary/aromatic N) is 4. The number of methoxy groups -OCH3 is 1. The first-order valence-corrected chi connectivity index (χ1v) is 8.53. The third-order valence-corrected chi connectivity index (χ3v) is 4.01. The average Bonchev–Trinajstić information content (AvgIpc) is 2.71. The first-order valence-electron chi connectivity index (χ1n) is 8.53. The number of nitro benzene ring substituents is 1. The van der Waals surface area contributed by atoms with Crippen LogP contribution in [0.1, 0.15) is 18.1 Å². The molecular formula is C19H19N7O4. The van der Waals surface area contributed by atoms with E-state index in [1.807, 2.05) is 26.2 Å². The zero-order chi connectivity index (χ0) is 22.4. The maximum Gasteiger partial charge on any atom is 0.272 e. The number of hydrazine groups is 1. The van der Waals surface area contributed by atoms with Gasteiger partial charge in [-0.2, -0.15) is 10.5 Å². The van der Waals surface area contributed by atoms with Gasteiger partial charge in [0.25, 0.3) is 5.69 Å². The molecule has 2 rings (SSSR count). The summed E-state index contributed by atoms with van der Waals surface area (Å²) in [5, 5.41) is 32.4. The molecule has 0 bridgehead atoms.